The first-order valence-electron chi connectivity index (χ1n) is 10.1. The van der Waals surface area contributed by atoms with Crippen molar-refractivity contribution >= 4 is 23.1 Å². The van der Waals surface area contributed by atoms with Gasteiger partial charge in [-0.15, -0.1) is 0 Å². The third-order valence-corrected chi connectivity index (χ3v) is 4.85. The predicted octanol–water partition coefficient (Wildman–Crippen LogP) is 4.18. The smallest absolute Gasteiger partial charge is 0.255 e. The van der Waals surface area contributed by atoms with Crippen LogP contribution in [-0.2, 0) is 6.42 Å². The minimum Gasteiger partial charge on any atom is -0.493 e. The summed E-state index contributed by atoms with van der Waals surface area (Å²) in [6, 6.07) is 24.5. The molecule has 1 aromatic heterocycles. The Hall–Kier alpha value is -4.39. The number of benzene rings is 3. The molecule has 5 N–H and O–H groups in total. The Morgan fingerprint density at radius 2 is 1.72 bits per heavy atom. The number of ether oxygens (including phenoxy) is 1. The second kappa shape index (κ2) is 9.61. The largest absolute Gasteiger partial charge is 0.493 e. The molecule has 0 atom stereocenters. The Morgan fingerprint density at radius 3 is 2.47 bits per heavy atom. The molecule has 0 spiro atoms. The first-order chi connectivity index (χ1) is 15.6. The van der Waals surface area contributed by atoms with Crippen LogP contribution in [0.5, 0.6) is 5.75 Å². The summed E-state index contributed by atoms with van der Waals surface area (Å²) < 4.78 is 5.79. The summed E-state index contributed by atoms with van der Waals surface area (Å²) in [5.41, 5.74) is 14.8. The monoisotopic (exact) mass is 425 g/mol. The topological polar surface area (TPSA) is 116 Å². The molecule has 0 saturated carbocycles. The van der Waals surface area contributed by atoms with Crippen LogP contribution in [0.15, 0.2) is 85.1 Å². The van der Waals surface area contributed by atoms with Gasteiger partial charge < -0.3 is 21.5 Å². The number of aromatic nitrogens is 2. The summed E-state index contributed by atoms with van der Waals surface area (Å²) >= 11 is 0. The number of nitrogens with one attached hydrogen (secondary N) is 1. The molecule has 0 radical (unpaired) electrons. The molecule has 7 heteroatoms. The minimum atomic E-state index is -0.243. The number of nitrogens with zero attached hydrogens (tertiary/aromatic N) is 2. The molecular formula is C25H23N5O2. The van der Waals surface area contributed by atoms with Gasteiger partial charge >= 0.3 is 0 Å². The number of anilines is 3. The average molecular weight is 425 g/mol. The van der Waals surface area contributed by atoms with Gasteiger partial charge in [-0.2, -0.15) is 0 Å². The Morgan fingerprint density at radius 1 is 0.938 bits per heavy atom. The van der Waals surface area contributed by atoms with E-state index >= 15 is 0 Å². The van der Waals surface area contributed by atoms with Crippen LogP contribution in [0.3, 0.4) is 0 Å². The van der Waals surface area contributed by atoms with Crippen LogP contribution in [-0.4, -0.2) is 22.5 Å². The highest BCUT2D eigenvalue weighted by molar-refractivity contribution is 6.04. The van der Waals surface area contributed by atoms with Crippen molar-refractivity contribution in [2.24, 2.45) is 0 Å². The summed E-state index contributed by atoms with van der Waals surface area (Å²) in [4.78, 5) is 21.1. The number of amides is 1. The van der Waals surface area contributed by atoms with Gasteiger partial charge in [0, 0.05) is 23.2 Å². The number of carbonyl (C=O) groups is 1. The highest BCUT2D eigenvalue weighted by Crippen LogP contribution is 2.21. The lowest BCUT2D eigenvalue weighted by Crippen LogP contribution is -2.12. The van der Waals surface area contributed by atoms with Gasteiger partial charge in [0.15, 0.2) is 11.6 Å². The van der Waals surface area contributed by atoms with E-state index in [1.807, 2.05) is 48.5 Å². The zero-order valence-corrected chi connectivity index (χ0v) is 17.4. The fourth-order valence-corrected chi connectivity index (χ4v) is 3.11. The lowest BCUT2D eigenvalue weighted by molar-refractivity contribution is 0.102. The van der Waals surface area contributed by atoms with Gasteiger partial charge in [0.2, 0.25) is 0 Å². The van der Waals surface area contributed by atoms with Gasteiger partial charge in [0.1, 0.15) is 5.75 Å². The van der Waals surface area contributed by atoms with Crippen molar-refractivity contribution in [1.29, 1.82) is 0 Å². The number of nitrogen functional groups attached to an aromatic ring is 2. The summed E-state index contributed by atoms with van der Waals surface area (Å²) in [7, 11) is 0. The quantitative estimate of drug-likeness (QED) is 0.409. The van der Waals surface area contributed by atoms with Crippen molar-refractivity contribution in [3.63, 3.8) is 0 Å². The molecule has 4 aromatic rings. The van der Waals surface area contributed by atoms with Crippen LogP contribution in [0.4, 0.5) is 17.2 Å². The van der Waals surface area contributed by atoms with Crippen molar-refractivity contribution in [2.45, 2.75) is 6.42 Å². The van der Waals surface area contributed by atoms with Crippen LogP contribution < -0.4 is 21.5 Å². The predicted molar refractivity (Wildman–Crippen MR) is 126 cm³/mol. The SMILES string of the molecule is Nc1cnc(-c2cccc(C(=O)Nc3ccc(OCCc4ccccc4)cc3)c2)nc1N. The second-order valence-corrected chi connectivity index (χ2v) is 7.18. The van der Waals surface area contributed by atoms with Crippen LogP contribution in [0, 0.1) is 0 Å². The molecule has 0 saturated heterocycles. The van der Waals surface area contributed by atoms with E-state index in [2.05, 4.69) is 27.4 Å². The third-order valence-electron chi connectivity index (χ3n) is 4.85. The van der Waals surface area contributed by atoms with Gasteiger partial charge in [-0.1, -0.05) is 42.5 Å². The average Bonchev–Trinajstić information content (AvgIpc) is 2.83. The van der Waals surface area contributed by atoms with Crippen LogP contribution >= 0.6 is 0 Å². The standard InChI is InChI=1S/C25H23N5O2/c26-22-16-28-24(30-23(22)27)18-7-4-8-19(15-18)25(31)29-20-9-11-21(12-10-20)32-14-13-17-5-2-1-3-6-17/h1-12,15-16H,13-14,26H2,(H,29,31)(H2,27,28,30). The number of rotatable bonds is 7. The van der Waals surface area contributed by atoms with Gasteiger partial charge in [0.05, 0.1) is 18.5 Å². The van der Waals surface area contributed by atoms with Gasteiger partial charge in [-0.3, -0.25) is 4.79 Å². The van der Waals surface area contributed by atoms with E-state index < -0.39 is 0 Å². The van der Waals surface area contributed by atoms with Crippen LogP contribution in [0.2, 0.25) is 0 Å². The number of nitrogens with two attached hydrogens (primary N) is 2. The maximum atomic E-state index is 12.7. The minimum absolute atomic E-state index is 0.205. The van der Waals surface area contributed by atoms with Crippen molar-refractivity contribution in [3.8, 4) is 17.1 Å². The third kappa shape index (κ3) is 5.20. The lowest BCUT2D eigenvalue weighted by Gasteiger charge is -2.09. The fourth-order valence-electron chi connectivity index (χ4n) is 3.11. The lowest BCUT2D eigenvalue weighted by atomic mass is 10.1. The van der Waals surface area contributed by atoms with E-state index in [0.29, 0.717) is 34.9 Å². The Labute approximate surface area is 186 Å². The molecule has 1 amide bonds. The molecule has 0 aliphatic rings. The molecule has 4 rings (SSSR count). The molecule has 3 aromatic carbocycles. The highest BCUT2D eigenvalue weighted by atomic mass is 16.5. The van der Waals surface area contributed by atoms with Gasteiger partial charge in [0.25, 0.3) is 5.91 Å². The molecule has 0 aliphatic heterocycles. The van der Waals surface area contributed by atoms with Crippen molar-refractivity contribution < 1.29 is 9.53 Å². The van der Waals surface area contributed by atoms with Crippen molar-refractivity contribution in [1.82, 2.24) is 9.97 Å². The Kier molecular flexibility index (Phi) is 6.27. The zero-order valence-electron chi connectivity index (χ0n) is 17.4. The van der Waals surface area contributed by atoms with Gasteiger partial charge in [-0.25, -0.2) is 9.97 Å². The zero-order chi connectivity index (χ0) is 22.3. The maximum Gasteiger partial charge on any atom is 0.255 e. The number of hydrogen-bond acceptors (Lipinski definition) is 6. The molecule has 0 bridgehead atoms. The highest BCUT2D eigenvalue weighted by Gasteiger charge is 2.10. The van der Waals surface area contributed by atoms with E-state index in [0.717, 1.165) is 12.2 Å². The molecule has 0 aliphatic carbocycles. The molecular weight excluding hydrogens is 402 g/mol. The summed E-state index contributed by atoms with van der Waals surface area (Å²) in [6.45, 7) is 0.584. The van der Waals surface area contributed by atoms with Crippen LogP contribution in [0.25, 0.3) is 11.4 Å². The van der Waals surface area contributed by atoms with E-state index in [9.17, 15) is 4.79 Å². The van der Waals surface area contributed by atoms with E-state index in [4.69, 9.17) is 16.2 Å². The Balaban J connectivity index is 1.37. The summed E-state index contributed by atoms with van der Waals surface area (Å²) in [5.74, 6) is 1.12. The van der Waals surface area contributed by atoms with E-state index in [1.165, 1.54) is 11.8 Å². The molecule has 1 heterocycles. The van der Waals surface area contributed by atoms with E-state index in [1.54, 1.807) is 18.2 Å². The summed E-state index contributed by atoms with van der Waals surface area (Å²) in [5, 5.41) is 2.89. The molecule has 7 nitrogen and oxygen atoms in total. The normalized spacial score (nSPS) is 10.5. The molecule has 0 fully saturated rings. The van der Waals surface area contributed by atoms with Crippen molar-refractivity contribution in [3.05, 3.63) is 96.2 Å². The number of carbonyl (C=O) groups excluding carboxylic acids is 1. The van der Waals surface area contributed by atoms with Gasteiger partial charge in [-0.05, 0) is 42.0 Å². The summed E-state index contributed by atoms with van der Waals surface area (Å²) in [6.07, 6.45) is 2.28. The first kappa shape index (κ1) is 20.9. The van der Waals surface area contributed by atoms with E-state index in [-0.39, 0.29) is 11.7 Å². The molecule has 160 valence electrons. The maximum absolute atomic E-state index is 12.7. The van der Waals surface area contributed by atoms with Crippen LogP contribution in [0.1, 0.15) is 15.9 Å². The fraction of sp³-hybridized carbons (Fsp3) is 0.0800. The molecule has 0 unspecified atom stereocenters. The second-order valence-electron chi connectivity index (χ2n) is 7.18. The Bertz CT molecular complexity index is 1210. The number of hydrogen-bond donors (Lipinski definition) is 3. The van der Waals surface area contributed by atoms with Crippen molar-refractivity contribution in [2.75, 3.05) is 23.4 Å². The first-order valence-corrected chi connectivity index (χ1v) is 10.1. The molecule has 32 heavy (non-hydrogen) atoms.